The minimum atomic E-state index is -1.44. The molecule has 0 radical (unpaired) electrons. The predicted octanol–water partition coefficient (Wildman–Crippen LogP) is -1.08. The number of rotatable bonds is 3. The molecule has 1 aromatic heterocycles. The summed E-state index contributed by atoms with van der Waals surface area (Å²) < 4.78 is 6.68. The van der Waals surface area contributed by atoms with Crippen LogP contribution in [-0.2, 0) is 4.74 Å². The largest absolute Gasteiger partial charge is 0.394 e. The number of hydrogen-bond donors (Lipinski definition) is 4. The molecule has 1 fully saturated rings. The van der Waals surface area contributed by atoms with E-state index in [2.05, 4.69) is 10.3 Å². The number of aliphatic hydroxyl groups is 4. The molecule has 1 aliphatic heterocycles. The van der Waals surface area contributed by atoms with Crippen LogP contribution in [0.25, 0.3) is 11.3 Å². The summed E-state index contributed by atoms with van der Waals surface area (Å²) in [5.41, 5.74) is 1.43. The Hall–Kier alpha value is -1.84. The van der Waals surface area contributed by atoms with Crippen molar-refractivity contribution >= 4 is 0 Å². The van der Waals surface area contributed by atoms with E-state index in [1.165, 1.54) is 4.68 Å². The van der Waals surface area contributed by atoms with E-state index in [1.807, 2.05) is 30.3 Å². The third-order valence-electron chi connectivity index (χ3n) is 3.71. The molecule has 0 bridgehead atoms. The molecular weight excluding hydrogens is 290 g/mol. The Morgan fingerprint density at radius 3 is 2.45 bits per heavy atom. The van der Waals surface area contributed by atoms with Gasteiger partial charge in [-0.3, -0.25) is 0 Å². The van der Waals surface area contributed by atoms with Gasteiger partial charge in [-0.05, 0) is 0 Å². The molecule has 2 heterocycles. The van der Waals surface area contributed by atoms with Gasteiger partial charge >= 0.3 is 0 Å². The molecule has 2 aromatic rings. The molecule has 3 rings (SSSR count). The average molecular weight is 307 g/mol. The van der Waals surface area contributed by atoms with Gasteiger partial charge < -0.3 is 25.2 Å². The second kappa shape index (κ2) is 6.11. The van der Waals surface area contributed by atoms with Gasteiger partial charge in [-0.1, -0.05) is 35.5 Å². The van der Waals surface area contributed by atoms with Gasteiger partial charge in [0.25, 0.3) is 0 Å². The normalized spacial score (nSPS) is 32.1. The van der Waals surface area contributed by atoms with Crippen molar-refractivity contribution in [3.63, 3.8) is 0 Å². The highest BCUT2D eigenvalue weighted by atomic mass is 16.6. The monoisotopic (exact) mass is 307 g/mol. The van der Waals surface area contributed by atoms with Crippen LogP contribution in [0.2, 0.25) is 0 Å². The van der Waals surface area contributed by atoms with E-state index in [9.17, 15) is 20.4 Å². The lowest BCUT2D eigenvalue weighted by atomic mass is 9.98. The van der Waals surface area contributed by atoms with Crippen LogP contribution < -0.4 is 0 Å². The number of benzene rings is 1. The Balaban J connectivity index is 1.86. The van der Waals surface area contributed by atoms with Gasteiger partial charge in [0.15, 0.2) is 6.23 Å². The van der Waals surface area contributed by atoms with Gasteiger partial charge in [0, 0.05) is 5.56 Å². The predicted molar refractivity (Wildman–Crippen MR) is 74.5 cm³/mol. The van der Waals surface area contributed by atoms with Gasteiger partial charge in [-0.15, -0.1) is 5.10 Å². The Morgan fingerprint density at radius 1 is 1.05 bits per heavy atom. The first-order chi connectivity index (χ1) is 10.6. The molecule has 8 heteroatoms. The summed E-state index contributed by atoms with van der Waals surface area (Å²) in [4.78, 5) is 0. The van der Waals surface area contributed by atoms with Gasteiger partial charge in [0.2, 0.25) is 0 Å². The van der Waals surface area contributed by atoms with E-state index in [0.29, 0.717) is 5.69 Å². The third-order valence-corrected chi connectivity index (χ3v) is 3.71. The van der Waals surface area contributed by atoms with Crippen LogP contribution in [0.3, 0.4) is 0 Å². The Kier molecular flexibility index (Phi) is 4.19. The molecule has 4 N–H and O–H groups in total. The van der Waals surface area contributed by atoms with Crippen molar-refractivity contribution in [3.8, 4) is 11.3 Å². The first kappa shape index (κ1) is 15.1. The topological polar surface area (TPSA) is 121 Å². The number of aromatic nitrogens is 3. The van der Waals surface area contributed by atoms with Crippen molar-refractivity contribution in [2.75, 3.05) is 6.61 Å². The quantitative estimate of drug-likeness (QED) is 0.569. The summed E-state index contributed by atoms with van der Waals surface area (Å²) in [6, 6.07) is 9.33. The Morgan fingerprint density at radius 2 is 1.77 bits per heavy atom. The molecule has 0 saturated carbocycles. The summed E-state index contributed by atoms with van der Waals surface area (Å²) in [7, 11) is 0. The van der Waals surface area contributed by atoms with Gasteiger partial charge in [-0.25, -0.2) is 4.68 Å². The van der Waals surface area contributed by atoms with Crippen LogP contribution in [0.4, 0.5) is 0 Å². The van der Waals surface area contributed by atoms with Crippen molar-refractivity contribution in [2.24, 2.45) is 0 Å². The highest BCUT2D eigenvalue weighted by molar-refractivity contribution is 5.57. The molecule has 8 nitrogen and oxygen atoms in total. The van der Waals surface area contributed by atoms with Gasteiger partial charge in [0.05, 0.1) is 12.8 Å². The highest BCUT2D eigenvalue weighted by Crippen LogP contribution is 2.28. The lowest BCUT2D eigenvalue weighted by Crippen LogP contribution is -2.56. The lowest BCUT2D eigenvalue weighted by molar-refractivity contribution is -0.254. The fourth-order valence-electron chi connectivity index (χ4n) is 2.44. The molecule has 1 aliphatic rings. The maximum atomic E-state index is 10.0. The zero-order valence-electron chi connectivity index (χ0n) is 11.6. The number of ether oxygens (including phenoxy) is 1. The summed E-state index contributed by atoms with van der Waals surface area (Å²) in [5, 5.41) is 46.7. The molecule has 118 valence electrons. The Bertz CT molecular complexity index is 618. The first-order valence-corrected chi connectivity index (χ1v) is 6.89. The smallest absolute Gasteiger partial charge is 0.180 e. The van der Waals surface area contributed by atoms with Crippen molar-refractivity contribution < 1.29 is 25.2 Å². The van der Waals surface area contributed by atoms with Crippen molar-refractivity contribution in [1.82, 2.24) is 15.0 Å². The van der Waals surface area contributed by atoms with Crippen LogP contribution in [0.5, 0.6) is 0 Å². The van der Waals surface area contributed by atoms with Crippen LogP contribution in [0.1, 0.15) is 6.23 Å². The van der Waals surface area contributed by atoms with Crippen molar-refractivity contribution in [3.05, 3.63) is 36.5 Å². The maximum absolute atomic E-state index is 10.0. The molecular formula is C14H17N3O5. The lowest BCUT2D eigenvalue weighted by Gasteiger charge is -2.39. The van der Waals surface area contributed by atoms with E-state index < -0.39 is 37.3 Å². The minimum Gasteiger partial charge on any atom is -0.394 e. The van der Waals surface area contributed by atoms with Gasteiger partial charge in [0.1, 0.15) is 30.1 Å². The van der Waals surface area contributed by atoms with E-state index in [-0.39, 0.29) is 0 Å². The summed E-state index contributed by atoms with van der Waals surface area (Å²) in [6.45, 7) is -0.484. The molecule has 0 unspecified atom stereocenters. The van der Waals surface area contributed by atoms with Crippen LogP contribution >= 0.6 is 0 Å². The molecule has 1 aromatic carbocycles. The molecule has 0 spiro atoms. The SMILES string of the molecule is OC[C@@H]1O[C@@H](n2cc(-c3ccccc3)nn2)[C@@H](O)[C@@H](O)[C@@H]1O. The summed E-state index contributed by atoms with van der Waals surface area (Å²) in [6.07, 6.45) is -4.67. The standard InChI is InChI=1S/C14H17N3O5/c18-7-10-11(19)12(20)13(21)14(22-10)17-6-9(15-16-17)8-4-2-1-3-5-8/h1-6,10-14,18-21H,7H2/t10-,11+,12-,13-,14+/m0/s1. The van der Waals surface area contributed by atoms with Gasteiger partial charge in [-0.2, -0.15) is 0 Å². The number of aliphatic hydroxyl groups excluding tert-OH is 4. The molecule has 0 amide bonds. The second-order valence-electron chi connectivity index (χ2n) is 5.17. The molecule has 1 saturated heterocycles. The minimum absolute atomic E-state index is 0.484. The zero-order valence-corrected chi connectivity index (χ0v) is 11.6. The van der Waals surface area contributed by atoms with E-state index in [4.69, 9.17) is 4.74 Å². The molecule has 5 atom stereocenters. The second-order valence-corrected chi connectivity index (χ2v) is 5.17. The van der Waals surface area contributed by atoms with E-state index >= 15 is 0 Å². The fraction of sp³-hybridized carbons (Fsp3) is 0.429. The first-order valence-electron chi connectivity index (χ1n) is 6.89. The fourth-order valence-corrected chi connectivity index (χ4v) is 2.44. The third kappa shape index (κ3) is 2.62. The van der Waals surface area contributed by atoms with Crippen molar-refractivity contribution in [2.45, 2.75) is 30.6 Å². The average Bonchev–Trinajstić information content (AvgIpc) is 3.04. The molecule has 0 aliphatic carbocycles. The van der Waals surface area contributed by atoms with E-state index in [1.54, 1.807) is 6.20 Å². The summed E-state index contributed by atoms with van der Waals surface area (Å²) >= 11 is 0. The van der Waals surface area contributed by atoms with Crippen LogP contribution in [-0.4, -0.2) is 66.4 Å². The maximum Gasteiger partial charge on any atom is 0.180 e. The highest BCUT2D eigenvalue weighted by Gasteiger charge is 2.44. The number of hydrogen-bond acceptors (Lipinski definition) is 7. The van der Waals surface area contributed by atoms with Crippen molar-refractivity contribution in [1.29, 1.82) is 0 Å². The molecule has 22 heavy (non-hydrogen) atoms. The Labute approximate surface area is 126 Å². The van der Waals surface area contributed by atoms with Crippen LogP contribution in [0.15, 0.2) is 36.5 Å². The zero-order chi connectivity index (χ0) is 15.7. The summed E-state index contributed by atoms with van der Waals surface area (Å²) in [5.74, 6) is 0. The number of nitrogens with zero attached hydrogens (tertiary/aromatic N) is 3. The van der Waals surface area contributed by atoms with Crippen LogP contribution in [0, 0.1) is 0 Å². The van der Waals surface area contributed by atoms with E-state index in [0.717, 1.165) is 5.56 Å².